The standard InChI is InChI=1S/C26H25FN6O3/c1-15-10-17(4-7-21(15)27)24-23(25(29)34)22-14-32(8-9-33(22)31-24)26(35)30-18-11-20(12-18)36-19-5-2-16(13-28)3-6-19/h2-7,10,18,20H,8-9,11-12,14H2,1H3,(H2,29,34)(H,30,35). The molecule has 2 aliphatic rings. The van der Waals surface area contributed by atoms with Crippen molar-refractivity contribution in [2.24, 2.45) is 5.73 Å². The van der Waals surface area contributed by atoms with Crippen molar-refractivity contribution in [1.82, 2.24) is 20.0 Å². The van der Waals surface area contributed by atoms with Crippen molar-refractivity contribution in [2.75, 3.05) is 6.54 Å². The average Bonchev–Trinajstić information content (AvgIpc) is 3.24. The summed E-state index contributed by atoms with van der Waals surface area (Å²) < 4.78 is 21.3. The third-order valence-corrected chi connectivity index (χ3v) is 6.65. The molecule has 0 bridgehead atoms. The number of nitrogens with two attached hydrogens (primary N) is 1. The van der Waals surface area contributed by atoms with Crippen LogP contribution in [-0.2, 0) is 13.1 Å². The molecule has 36 heavy (non-hydrogen) atoms. The molecule has 3 amide bonds. The highest BCUT2D eigenvalue weighted by Gasteiger charge is 2.35. The van der Waals surface area contributed by atoms with Crippen LogP contribution in [0.15, 0.2) is 42.5 Å². The summed E-state index contributed by atoms with van der Waals surface area (Å²) in [5, 5.41) is 16.5. The smallest absolute Gasteiger partial charge is 0.318 e. The molecule has 0 spiro atoms. The lowest BCUT2D eigenvalue weighted by Gasteiger charge is -2.37. The lowest BCUT2D eigenvalue weighted by Crippen LogP contribution is -2.54. The molecule has 0 atom stereocenters. The highest BCUT2D eigenvalue weighted by molar-refractivity contribution is 6.00. The number of hydrogen-bond acceptors (Lipinski definition) is 5. The van der Waals surface area contributed by atoms with Gasteiger partial charge in [-0.2, -0.15) is 10.4 Å². The zero-order valence-corrected chi connectivity index (χ0v) is 19.7. The van der Waals surface area contributed by atoms with Crippen LogP contribution >= 0.6 is 0 Å². The summed E-state index contributed by atoms with van der Waals surface area (Å²) in [5.41, 5.74) is 8.52. The topological polar surface area (TPSA) is 126 Å². The molecular formula is C26H25FN6O3. The number of aryl methyl sites for hydroxylation is 1. The zero-order chi connectivity index (χ0) is 25.4. The van der Waals surface area contributed by atoms with E-state index in [4.69, 9.17) is 15.7 Å². The van der Waals surface area contributed by atoms with Crippen molar-refractivity contribution in [3.8, 4) is 23.1 Å². The third kappa shape index (κ3) is 4.47. The molecule has 2 aromatic carbocycles. The van der Waals surface area contributed by atoms with Crippen LogP contribution in [-0.4, -0.2) is 45.3 Å². The van der Waals surface area contributed by atoms with Gasteiger partial charge in [-0.25, -0.2) is 9.18 Å². The Balaban J connectivity index is 1.22. The number of rotatable bonds is 5. The summed E-state index contributed by atoms with van der Waals surface area (Å²) in [4.78, 5) is 26.9. The second kappa shape index (κ2) is 9.34. The number of primary amides is 1. The highest BCUT2D eigenvalue weighted by atomic mass is 19.1. The zero-order valence-electron chi connectivity index (χ0n) is 19.7. The Morgan fingerprint density at radius 3 is 2.61 bits per heavy atom. The maximum atomic E-state index is 13.8. The van der Waals surface area contributed by atoms with Crippen molar-refractivity contribution in [3.63, 3.8) is 0 Å². The number of nitrogens with one attached hydrogen (secondary N) is 1. The van der Waals surface area contributed by atoms with Gasteiger partial charge < -0.3 is 20.7 Å². The van der Waals surface area contributed by atoms with E-state index in [0.29, 0.717) is 59.8 Å². The number of halogens is 1. The summed E-state index contributed by atoms with van der Waals surface area (Å²) >= 11 is 0. The van der Waals surface area contributed by atoms with Crippen LogP contribution in [0.1, 0.15) is 40.0 Å². The second-order valence-corrected chi connectivity index (χ2v) is 9.14. The van der Waals surface area contributed by atoms with Gasteiger partial charge in [-0.1, -0.05) is 0 Å². The largest absolute Gasteiger partial charge is 0.490 e. The number of amides is 3. The number of hydrogen-bond donors (Lipinski definition) is 2. The van der Waals surface area contributed by atoms with Crippen LogP contribution < -0.4 is 15.8 Å². The number of aromatic nitrogens is 2. The van der Waals surface area contributed by atoms with Gasteiger partial charge in [0.2, 0.25) is 0 Å². The Morgan fingerprint density at radius 1 is 1.19 bits per heavy atom. The van der Waals surface area contributed by atoms with Gasteiger partial charge in [0.25, 0.3) is 5.91 Å². The lowest BCUT2D eigenvalue weighted by atomic mass is 9.89. The Bertz CT molecular complexity index is 1370. The minimum Gasteiger partial charge on any atom is -0.490 e. The quantitative estimate of drug-likeness (QED) is 0.571. The van der Waals surface area contributed by atoms with Crippen LogP contribution in [0.3, 0.4) is 0 Å². The van der Waals surface area contributed by atoms with E-state index < -0.39 is 5.91 Å². The van der Waals surface area contributed by atoms with Gasteiger partial charge in [0.1, 0.15) is 23.4 Å². The molecule has 1 aromatic heterocycles. The summed E-state index contributed by atoms with van der Waals surface area (Å²) in [6, 6.07) is 13.3. The molecule has 1 saturated carbocycles. The summed E-state index contributed by atoms with van der Waals surface area (Å²) in [5.74, 6) is -0.289. The first-order chi connectivity index (χ1) is 17.3. The van der Waals surface area contributed by atoms with Crippen LogP contribution in [0.5, 0.6) is 5.75 Å². The predicted molar refractivity (Wildman–Crippen MR) is 128 cm³/mol. The number of benzene rings is 2. The van der Waals surface area contributed by atoms with Gasteiger partial charge in [-0.3, -0.25) is 9.48 Å². The Labute approximate surface area is 207 Å². The third-order valence-electron chi connectivity index (χ3n) is 6.65. The molecule has 3 aromatic rings. The number of nitrogens with zero attached hydrogens (tertiary/aromatic N) is 4. The van der Waals surface area contributed by atoms with Crippen molar-refractivity contribution in [2.45, 2.75) is 45.0 Å². The molecule has 1 fully saturated rings. The average molecular weight is 489 g/mol. The molecule has 184 valence electrons. The monoisotopic (exact) mass is 488 g/mol. The molecule has 3 N–H and O–H groups in total. The number of nitriles is 1. The maximum absolute atomic E-state index is 13.8. The molecule has 0 radical (unpaired) electrons. The van der Waals surface area contributed by atoms with Crippen molar-refractivity contribution >= 4 is 11.9 Å². The molecule has 5 rings (SSSR count). The molecule has 10 heteroatoms. The van der Waals surface area contributed by atoms with Gasteiger partial charge in [0, 0.05) is 31.0 Å². The van der Waals surface area contributed by atoms with E-state index in [1.807, 2.05) is 0 Å². The minimum atomic E-state index is -0.641. The summed E-state index contributed by atoms with van der Waals surface area (Å²) in [7, 11) is 0. The minimum absolute atomic E-state index is 0.00536. The first-order valence-corrected chi connectivity index (χ1v) is 11.7. The van der Waals surface area contributed by atoms with Crippen molar-refractivity contribution in [3.05, 3.63) is 70.7 Å². The van der Waals surface area contributed by atoms with E-state index in [9.17, 15) is 14.0 Å². The van der Waals surface area contributed by atoms with Crippen molar-refractivity contribution < 1.29 is 18.7 Å². The SMILES string of the molecule is Cc1cc(-c2nn3c(c2C(N)=O)CN(C(=O)NC2CC(Oc4ccc(C#N)cc4)C2)CC3)ccc1F. The molecule has 1 aliphatic carbocycles. The summed E-state index contributed by atoms with van der Waals surface area (Å²) in [6.07, 6.45) is 1.35. The number of carbonyl (C=O) groups is 2. The fourth-order valence-electron chi connectivity index (χ4n) is 4.59. The predicted octanol–water partition coefficient (Wildman–Crippen LogP) is 3.10. The van der Waals surface area contributed by atoms with E-state index in [1.165, 1.54) is 6.07 Å². The van der Waals surface area contributed by atoms with E-state index >= 15 is 0 Å². The molecule has 9 nitrogen and oxygen atoms in total. The number of carbonyl (C=O) groups excluding carboxylic acids is 2. The van der Waals surface area contributed by atoms with Gasteiger partial charge in [-0.05, 0) is 55.0 Å². The first kappa shape index (κ1) is 23.4. The fraction of sp³-hybridized carbons (Fsp3) is 0.308. The van der Waals surface area contributed by atoms with E-state index in [1.54, 1.807) is 52.9 Å². The van der Waals surface area contributed by atoms with Crippen LogP contribution in [0.2, 0.25) is 0 Å². The molecule has 2 heterocycles. The Hall–Kier alpha value is -4.39. The van der Waals surface area contributed by atoms with Gasteiger partial charge in [0.05, 0.1) is 36.0 Å². The fourth-order valence-corrected chi connectivity index (χ4v) is 4.59. The Morgan fingerprint density at radius 2 is 1.94 bits per heavy atom. The first-order valence-electron chi connectivity index (χ1n) is 11.7. The normalized spacial score (nSPS) is 18.5. The van der Waals surface area contributed by atoms with E-state index in [-0.39, 0.29) is 36.1 Å². The van der Waals surface area contributed by atoms with Crippen LogP contribution in [0.4, 0.5) is 9.18 Å². The van der Waals surface area contributed by atoms with E-state index in [2.05, 4.69) is 16.5 Å². The van der Waals surface area contributed by atoms with E-state index in [0.717, 1.165) is 0 Å². The lowest BCUT2D eigenvalue weighted by molar-refractivity contribution is 0.0832. The second-order valence-electron chi connectivity index (χ2n) is 9.14. The number of ether oxygens (including phenoxy) is 1. The molecule has 1 aliphatic heterocycles. The van der Waals surface area contributed by atoms with Crippen LogP contribution in [0.25, 0.3) is 11.3 Å². The summed E-state index contributed by atoms with van der Waals surface area (Å²) in [6.45, 7) is 2.68. The van der Waals surface area contributed by atoms with Crippen LogP contribution in [0, 0.1) is 24.1 Å². The Kier molecular flexibility index (Phi) is 6.06. The maximum Gasteiger partial charge on any atom is 0.318 e. The van der Waals surface area contributed by atoms with Gasteiger partial charge >= 0.3 is 6.03 Å². The van der Waals surface area contributed by atoms with Gasteiger partial charge in [0.15, 0.2) is 0 Å². The van der Waals surface area contributed by atoms with Gasteiger partial charge in [-0.15, -0.1) is 0 Å². The molecular weight excluding hydrogens is 463 g/mol. The number of urea groups is 1. The molecule has 0 unspecified atom stereocenters. The molecule has 0 saturated heterocycles. The number of fused-ring (bicyclic) bond motifs is 1. The highest BCUT2D eigenvalue weighted by Crippen LogP contribution is 2.30. The van der Waals surface area contributed by atoms with Crippen molar-refractivity contribution in [1.29, 1.82) is 5.26 Å².